The monoisotopic (exact) mass is 407 g/mol. The van der Waals surface area contributed by atoms with Gasteiger partial charge in [0, 0.05) is 17.8 Å². The Morgan fingerprint density at radius 1 is 1.31 bits per heavy atom. The molecule has 1 amide bonds. The number of pyridine rings is 1. The molecule has 0 saturated carbocycles. The molecule has 0 fully saturated rings. The molecular formula is C21H21N5O2S. The lowest BCUT2D eigenvalue weighted by atomic mass is 10.2. The fourth-order valence-corrected chi connectivity index (χ4v) is 4.03. The third-order valence-corrected chi connectivity index (χ3v) is 5.38. The summed E-state index contributed by atoms with van der Waals surface area (Å²) in [5, 5.41) is 10.9. The van der Waals surface area contributed by atoms with E-state index in [9.17, 15) is 4.79 Å². The third kappa shape index (κ3) is 3.97. The Labute approximate surface area is 172 Å². The van der Waals surface area contributed by atoms with E-state index in [0.29, 0.717) is 12.3 Å². The van der Waals surface area contributed by atoms with Crippen LogP contribution in [0.4, 0.5) is 5.69 Å². The third-order valence-electron chi connectivity index (χ3n) is 4.46. The lowest BCUT2D eigenvalue weighted by Gasteiger charge is -2.07. The molecule has 3 heterocycles. The van der Waals surface area contributed by atoms with E-state index in [-0.39, 0.29) is 12.3 Å². The van der Waals surface area contributed by atoms with Crippen molar-refractivity contribution in [3.05, 3.63) is 53.3 Å². The average molecular weight is 407 g/mol. The van der Waals surface area contributed by atoms with E-state index in [4.69, 9.17) is 4.74 Å². The van der Waals surface area contributed by atoms with Crippen molar-refractivity contribution in [1.82, 2.24) is 19.7 Å². The molecule has 4 aromatic rings. The molecule has 1 aromatic carbocycles. The van der Waals surface area contributed by atoms with Crippen LogP contribution in [0.15, 0.2) is 41.9 Å². The quantitative estimate of drug-likeness (QED) is 0.523. The summed E-state index contributed by atoms with van der Waals surface area (Å²) in [7, 11) is 1.85. The van der Waals surface area contributed by atoms with Gasteiger partial charge in [0.1, 0.15) is 10.8 Å². The molecular weight excluding hydrogens is 386 g/mol. The van der Waals surface area contributed by atoms with Crippen molar-refractivity contribution in [3.8, 4) is 16.3 Å². The van der Waals surface area contributed by atoms with Crippen molar-refractivity contribution in [2.75, 3.05) is 11.9 Å². The smallest absolute Gasteiger partial charge is 0.230 e. The van der Waals surface area contributed by atoms with E-state index in [2.05, 4.69) is 20.4 Å². The highest BCUT2D eigenvalue weighted by Crippen LogP contribution is 2.32. The number of hydrogen-bond donors (Lipinski definition) is 1. The molecule has 29 heavy (non-hydrogen) atoms. The van der Waals surface area contributed by atoms with Gasteiger partial charge in [-0.25, -0.2) is 9.97 Å². The summed E-state index contributed by atoms with van der Waals surface area (Å²) in [6, 6.07) is 9.69. The average Bonchev–Trinajstić information content (AvgIpc) is 3.27. The number of para-hydroxylation sites is 1. The maximum atomic E-state index is 12.5. The van der Waals surface area contributed by atoms with Crippen LogP contribution in [0.1, 0.15) is 18.3 Å². The first-order valence-corrected chi connectivity index (χ1v) is 10.2. The summed E-state index contributed by atoms with van der Waals surface area (Å²) in [6.07, 6.45) is 1.84. The van der Waals surface area contributed by atoms with Crippen LogP contribution < -0.4 is 10.1 Å². The maximum absolute atomic E-state index is 12.5. The van der Waals surface area contributed by atoms with Crippen molar-refractivity contribution in [1.29, 1.82) is 0 Å². The number of thiazole rings is 1. The first kappa shape index (κ1) is 19.1. The van der Waals surface area contributed by atoms with Gasteiger partial charge >= 0.3 is 0 Å². The fourth-order valence-electron chi connectivity index (χ4n) is 3.18. The second-order valence-corrected chi connectivity index (χ2v) is 7.46. The highest BCUT2D eigenvalue weighted by molar-refractivity contribution is 7.13. The van der Waals surface area contributed by atoms with E-state index < -0.39 is 0 Å². The highest BCUT2D eigenvalue weighted by atomic mass is 32.1. The zero-order chi connectivity index (χ0) is 20.4. The molecule has 0 aliphatic carbocycles. The second kappa shape index (κ2) is 8.00. The van der Waals surface area contributed by atoms with Gasteiger partial charge < -0.3 is 10.1 Å². The van der Waals surface area contributed by atoms with Crippen LogP contribution in [0.5, 0.6) is 5.75 Å². The summed E-state index contributed by atoms with van der Waals surface area (Å²) in [4.78, 5) is 21.5. The van der Waals surface area contributed by atoms with Crippen LogP contribution in [0.25, 0.3) is 21.6 Å². The Morgan fingerprint density at radius 2 is 2.14 bits per heavy atom. The Kier molecular flexibility index (Phi) is 5.26. The standard InChI is InChI=1S/C21H21N5O2S/c1-4-28-18-8-6-5-7-16(18)21-24-15(12-29-21)10-19(27)23-14-9-17-13(2)25-26(3)20(17)22-11-14/h5-9,11-12H,4,10H2,1-3H3,(H,23,27). The van der Waals surface area contributed by atoms with E-state index in [1.807, 2.05) is 56.6 Å². The van der Waals surface area contributed by atoms with E-state index in [1.54, 1.807) is 10.9 Å². The SMILES string of the molecule is CCOc1ccccc1-c1nc(CC(=O)Nc2cnc3c(c2)c(C)nn3C)cs1. The number of carbonyl (C=O) groups is 1. The number of carbonyl (C=O) groups excluding carboxylic acids is 1. The number of nitrogens with one attached hydrogen (secondary N) is 1. The van der Waals surface area contributed by atoms with Gasteiger partial charge in [-0.1, -0.05) is 12.1 Å². The minimum atomic E-state index is -0.136. The topological polar surface area (TPSA) is 81.9 Å². The highest BCUT2D eigenvalue weighted by Gasteiger charge is 2.13. The second-order valence-electron chi connectivity index (χ2n) is 6.60. The molecule has 0 aliphatic rings. The van der Waals surface area contributed by atoms with Gasteiger partial charge in [0.2, 0.25) is 5.91 Å². The number of benzene rings is 1. The van der Waals surface area contributed by atoms with Gasteiger partial charge in [-0.2, -0.15) is 5.10 Å². The van der Waals surface area contributed by atoms with Gasteiger partial charge in [0.25, 0.3) is 0 Å². The molecule has 0 aliphatic heterocycles. The summed E-state index contributed by atoms with van der Waals surface area (Å²) in [5.74, 6) is 0.661. The van der Waals surface area contributed by atoms with Gasteiger partial charge in [-0.05, 0) is 32.0 Å². The molecule has 0 unspecified atom stereocenters. The van der Waals surface area contributed by atoms with Crippen LogP contribution in [0, 0.1) is 6.92 Å². The maximum Gasteiger partial charge on any atom is 0.230 e. The minimum absolute atomic E-state index is 0.136. The summed E-state index contributed by atoms with van der Waals surface area (Å²) in [5.41, 5.74) is 3.98. The zero-order valence-electron chi connectivity index (χ0n) is 16.5. The molecule has 7 nitrogen and oxygen atoms in total. The van der Waals surface area contributed by atoms with Crippen LogP contribution in [-0.4, -0.2) is 32.3 Å². The molecule has 3 aromatic heterocycles. The molecule has 8 heteroatoms. The molecule has 148 valence electrons. The van der Waals surface area contributed by atoms with Crippen LogP contribution >= 0.6 is 11.3 Å². The van der Waals surface area contributed by atoms with Gasteiger partial charge in [-0.3, -0.25) is 9.48 Å². The number of amides is 1. The van der Waals surface area contributed by atoms with E-state index in [0.717, 1.165) is 38.7 Å². The van der Waals surface area contributed by atoms with Gasteiger partial charge in [0.15, 0.2) is 5.65 Å². The largest absolute Gasteiger partial charge is 0.493 e. The number of ether oxygens (including phenoxy) is 1. The molecule has 0 bridgehead atoms. The minimum Gasteiger partial charge on any atom is -0.493 e. The summed E-state index contributed by atoms with van der Waals surface area (Å²) >= 11 is 1.50. The molecule has 0 radical (unpaired) electrons. The molecule has 1 N–H and O–H groups in total. The Balaban J connectivity index is 1.48. The van der Waals surface area contributed by atoms with Crippen molar-refractivity contribution < 1.29 is 9.53 Å². The molecule has 4 rings (SSSR count). The number of rotatable bonds is 6. The van der Waals surface area contributed by atoms with Crippen molar-refractivity contribution >= 4 is 34.0 Å². The predicted molar refractivity (Wildman–Crippen MR) is 114 cm³/mol. The Morgan fingerprint density at radius 3 is 2.97 bits per heavy atom. The lowest BCUT2D eigenvalue weighted by molar-refractivity contribution is -0.115. The first-order valence-electron chi connectivity index (χ1n) is 9.31. The van der Waals surface area contributed by atoms with Crippen LogP contribution in [0.3, 0.4) is 0 Å². The summed E-state index contributed by atoms with van der Waals surface area (Å²) < 4.78 is 7.41. The number of nitrogens with zero attached hydrogens (tertiary/aromatic N) is 4. The molecule has 0 saturated heterocycles. The molecule has 0 atom stereocenters. The number of hydrogen-bond acceptors (Lipinski definition) is 6. The number of aromatic nitrogens is 4. The van der Waals surface area contributed by atoms with Crippen LogP contribution in [0.2, 0.25) is 0 Å². The van der Waals surface area contributed by atoms with Gasteiger partial charge in [0.05, 0.1) is 41.9 Å². The van der Waals surface area contributed by atoms with Crippen LogP contribution in [-0.2, 0) is 18.3 Å². The predicted octanol–water partition coefficient (Wildman–Crippen LogP) is 3.98. The number of anilines is 1. The van der Waals surface area contributed by atoms with E-state index in [1.165, 1.54) is 11.3 Å². The summed E-state index contributed by atoms with van der Waals surface area (Å²) in [6.45, 7) is 4.46. The van der Waals surface area contributed by atoms with Crippen molar-refractivity contribution in [2.45, 2.75) is 20.3 Å². The fraction of sp³-hybridized carbons (Fsp3) is 0.238. The lowest BCUT2D eigenvalue weighted by Crippen LogP contribution is -2.14. The molecule has 0 spiro atoms. The number of aryl methyl sites for hydroxylation is 2. The van der Waals surface area contributed by atoms with E-state index >= 15 is 0 Å². The van der Waals surface area contributed by atoms with Crippen molar-refractivity contribution in [2.24, 2.45) is 7.05 Å². The normalized spacial score (nSPS) is 11.0. The van der Waals surface area contributed by atoms with Crippen molar-refractivity contribution in [3.63, 3.8) is 0 Å². The Bertz CT molecular complexity index is 1180. The first-order chi connectivity index (χ1) is 14.0. The van der Waals surface area contributed by atoms with Gasteiger partial charge in [-0.15, -0.1) is 11.3 Å². The zero-order valence-corrected chi connectivity index (χ0v) is 17.3. The number of fused-ring (bicyclic) bond motifs is 1. The Hall–Kier alpha value is -3.26.